The minimum Gasteiger partial charge on any atom is -0.494 e. The fraction of sp³-hybridized carbons (Fsp3) is 0.429. The lowest BCUT2D eigenvalue weighted by Gasteiger charge is -2.06. The molecule has 0 radical (unpaired) electrons. The summed E-state index contributed by atoms with van der Waals surface area (Å²) >= 11 is 11.9. The number of hydrogen-bond acceptors (Lipinski definition) is 4. The number of halogens is 2. The molecular weight excluding hydrogens is 281 g/mol. The van der Waals surface area contributed by atoms with Crippen molar-refractivity contribution in [2.75, 3.05) is 13.7 Å². The second-order valence-electron chi connectivity index (χ2n) is 2.52. The number of ether oxygens (including phenoxy) is 1. The topological polar surface area (TPSA) is 55.4 Å². The van der Waals surface area contributed by atoms with Gasteiger partial charge in [0, 0.05) is 6.54 Å². The Labute approximate surface area is 102 Å². The van der Waals surface area contributed by atoms with E-state index < -0.39 is 14.9 Å². The number of thiophene rings is 1. The van der Waals surface area contributed by atoms with Gasteiger partial charge in [-0.15, -0.1) is 34.5 Å². The number of methoxy groups -OCH3 is 1. The van der Waals surface area contributed by atoms with E-state index in [0.29, 0.717) is 5.75 Å². The van der Waals surface area contributed by atoms with Crippen molar-refractivity contribution in [3.05, 3.63) is 11.4 Å². The first-order chi connectivity index (χ1) is 6.97. The van der Waals surface area contributed by atoms with Gasteiger partial charge >= 0.3 is 0 Å². The zero-order chi connectivity index (χ0) is 11.5. The molecule has 0 aliphatic carbocycles. The first-order valence-corrected chi connectivity index (χ1v) is 7.10. The van der Waals surface area contributed by atoms with Gasteiger partial charge in [0.2, 0.25) is 0 Å². The Bertz CT molecular complexity index is 416. The van der Waals surface area contributed by atoms with E-state index in [-0.39, 0.29) is 10.8 Å². The van der Waals surface area contributed by atoms with Gasteiger partial charge in [0.25, 0.3) is 10.0 Å². The smallest absolute Gasteiger partial charge is 0.253 e. The molecule has 0 aromatic carbocycles. The van der Waals surface area contributed by atoms with Crippen LogP contribution in [0.15, 0.2) is 15.7 Å². The number of nitrogens with one attached hydrogen (secondary N) is 1. The fourth-order valence-electron chi connectivity index (χ4n) is 0.869. The summed E-state index contributed by atoms with van der Waals surface area (Å²) in [4.78, 5) is -0.772. The zero-order valence-electron chi connectivity index (χ0n) is 7.74. The minimum absolute atomic E-state index is 0.0352. The summed E-state index contributed by atoms with van der Waals surface area (Å²) < 4.78 is 30.7. The molecular formula is C7H9Cl2NO3S2. The molecule has 0 spiro atoms. The fourth-order valence-corrected chi connectivity index (χ4v) is 3.57. The van der Waals surface area contributed by atoms with E-state index in [2.05, 4.69) is 4.72 Å². The number of hydrogen-bond donors (Lipinski definition) is 1. The average molecular weight is 290 g/mol. The van der Waals surface area contributed by atoms with E-state index in [1.807, 2.05) is 0 Å². The first kappa shape index (κ1) is 13.1. The molecule has 0 saturated carbocycles. The van der Waals surface area contributed by atoms with Gasteiger partial charge in [0.1, 0.15) is 10.6 Å². The number of rotatable bonds is 5. The van der Waals surface area contributed by atoms with Crippen LogP contribution in [0.2, 0.25) is 0 Å². The number of alkyl halides is 2. The molecule has 0 saturated heterocycles. The molecule has 1 aromatic rings. The zero-order valence-corrected chi connectivity index (χ0v) is 10.9. The van der Waals surface area contributed by atoms with E-state index in [9.17, 15) is 8.42 Å². The highest BCUT2D eigenvalue weighted by atomic mass is 35.5. The first-order valence-electron chi connectivity index (χ1n) is 3.86. The van der Waals surface area contributed by atoms with Gasteiger partial charge in [-0.3, -0.25) is 0 Å². The van der Waals surface area contributed by atoms with Crippen molar-refractivity contribution < 1.29 is 13.2 Å². The summed E-state index contributed by atoms with van der Waals surface area (Å²) in [5.41, 5.74) is 0. The molecule has 1 rings (SSSR count). The third-order valence-corrected chi connectivity index (χ3v) is 4.67. The quantitative estimate of drug-likeness (QED) is 0.842. The molecule has 0 amide bonds. The van der Waals surface area contributed by atoms with Crippen molar-refractivity contribution in [2.24, 2.45) is 0 Å². The Morgan fingerprint density at radius 2 is 2.27 bits per heavy atom. The van der Waals surface area contributed by atoms with Crippen molar-refractivity contribution in [3.63, 3.8) is 0 Å². The maximum atomic E-state index is 11.7. The molecule has 4 nitrogen and oxygen atoms in total. The Balaban J connectivity index is 2.86. The Morgan fingerprint density at radius 3 is 2.80 bits per heavy atom. The largest absolute Gasteiger partial charge is 0.494 e. The van der Waals surface area contributed by atoms with Crippen LogP contribution in [0.25, 0.3) is 0 Å². The minimum atomic E-state index is -3.58. The summed E-state index contributed by atoms with van der Waals surface area (Å²) in [6.45, 7) is -0.0352. The van der Waals surface area contributed by atoms with Crippen molar-refractivity contribution in [3.8, 4) is 5.75 Å². The summed E-state index contributed by atoms with van der Waals surface area (Å²) in [6, 6.07) is 1.58. The monoisotopic (exact) mass is 289 g/mol. The molecule has 8 heteroatoms. The van der Waals surface area contributed by atoms with Crippen LogP contribution in [-0.4, -0.2) is 26.9 Å². The summed E-state index contributed by atoms with van der Waals surface area (Å²) in [5, 5.41) is 1.63. The van der Waals surface area contributed by atoms with Gasteiger partial charge in [-0.2, -0.15) is 0 Å². The summed E-state index contributed by atoms with van der Waals surface area (Å²) in [6.07, 6.45) is 0. The maximum Gasteiger partial charge on any atom is 0.253 e. The van der Waals surface area contributed by atoms with E-state index in [4.69, 9.17) is 27.9 Å². The van der Waals surface area contributed by atoms with Crippen LogP contribution in [0.5, 0.6) is 5.75 Å². The molecule has 15 heavy (non-hydrogen) atoms. The summed E-state index contributed by atoms with van der Waals surface area (Å²) in [7, 11) is -2.17. The Morgan fingerprint density at radius 1 is 1.60 bits per heavy atom. The van der Waals surface area contributed by atoms with Crippen LogP contribution >= 0.6 is 34.5 Å². The second kappa shape index (κ2) is 5.36. The third-order valence-electron chi connectivity index (χ3n) is 1.49. The van der Waals surface area contributed by atoms with E-state index in [0.717, 1.165) is 11.3 Å². The Hall–Kier alpha value is -0.0100. The highest BCUT2D eigenvalue weighted by Gasteiger charge is 2.21. The molecule has 1 N–H and O–H groups in total. The predicted molar refractivity (Wildman–Crippen MR) is 61.6 cm³/mol. The van der Waals surface area contributed by atoms with Crippen molar-refractivity contribution in [1.82, 2.24) is 4.72 Å². The third kappa shape index (κ3) is 3.49. The molecule has 0 unspecified atom stereocenters. The highest BCUT2D eigenvalue weighted by Crippen LogP contribution is 2.29. The average Bonchev–Trinajstić information content (AvgIpc) is 2.63. The maximum absolute atomic E-state index is 11.7. The van der Waals surface area contributed by atoms with Crippen LogP contribution in [-0.2, 0) is 10.0 Å². The van der Waals surface area contributed by atoms with Crippen LogP contribution in [0.4, 0.5) is 0 Å². The molecule has 1 heterocycles. The molecule has 0 aliphatic rings. The van der Waals surface area contributed by atoms with Gasteiger partial charge in [-0.05, 0) is 11.4 Å². The van der Waals surface area contributed by atoms with Crippen molar-refractivity contribution >= 4 is 44.6 Å². The lowest BCUT2D eigenvalue weighted by atomic mass is 10.6. The standard InChI is InChI=1S/C7H9Cl2NO3S2/c1-13-5-2-3-14-7(5)15(11,12)10-4-6(8)9/h2-3,6,10H,4H2,1H3. The van der Waals surface area contributed by atoms with Crippen molar-refractivity contribution in [1.29, 1.82) is 0 Å². The highest BCUT2D eigenvalue weighted by molar-refractivity contribution is 7.91. The lowest BCUT2D eigenvalue weighted by molar-refractivity contribution is 0.406. The van der Waals surface area contributed by atoms with Crippen LogP contribution in [0, 0.1) is 0 Å². The van der Waals surface area contributed by atoms with Crippen LogP contribution in [0.3, 0.4) is 0 Å². The molecule has 1 aromatic heterocycles. The molecule has 0 atom stereocenters. The van der Waals surface area contributed by atoms with Gasteiger partial charge < -0.3 is 4.74 Å². The summed E-state index contributed by atoms with van der Waals surface area (Å²) in [5.74, 6) is 0.313. The van der Waals surface area contributed by atoms with E-state index in [1.54, 1.807) is 11.4 Å². The van der Waals surface area contributed by atoms with Gasteiger partial charge in [-0.25, -0.2) is 13.1 Å². The van der Waals surface area contributed by atoms with E-state index in [1.165, 1.54) is 7.11 Å². The number of sulfonamides is 1. The van der Waals surface area contributed by atoms with Gasteiger partial charge in [-0.1, -0.05) is 0 Å². The Kier molecular flexibility index (Phi) is 4.66. The van der Waals surface area contributed by atoms with Gasteiger partial charge in [0.15, 0.2) is 4.21 Å². The normalized spacial score (nSPS) is 12.0. The SMILES string of the molecule is COc1ccsc1S(=O)(=O)NCC(Cl)Cl. The molecule has 0 bridgehead atoms. The van der Waals surface area contributed by atoms with Crippen LogP contribution < -0.4 is 9.46 Å². The molecule has 86 valence electrons. The van der Waals surface area contributed by atoms with Crippen molar-refractivity contribution in [2.45, 2.75) is 9.05 Å². The second-order valence-corrected chi connectivity index (χ2v) is 6.67. The van der Waals surface area contributed by atoms with Gasteiger partial charge in [0.05, 0.1) is 7.11 Å². The molecule has 0 fully saturated rings. The predicted octanol–water partition coefficient (Wildman–Crippen LogP) is 1.84. The molecule has 0 aliphatic heterocycles. The lowest BCUT2D eigenvalue weighted by Crippen LogP contribution is -2.27. The van der Waals surface area contributed by atoms with Crippen LogP contribution in [0.1, 0.15) is 0 Å². The van der Waals surface area contributed by atoms with E-state index >= 15 is 0 Å².